The Morgan fingerprint density at radius 3 is 2.81 bits per heavy atom. The summed E-state index contributed by atoms with van der Waals surface area (Å²) in [6.45, 7) is 6.74. The average Bonchev–Trinajstić information content (AvgIpc) is 2.44. The van der Waals surface area contributed by atoms with Gasteiger partial charge in [0.25, 0.3) is 0 Å². The fraction of sp³-hybridized carbons (Fsp3) is 0.600. The van der Waals surface area contributed by atoms with Crippen LogP contribution in [0, 0.1) is 0 Å². The van der Waals surface area contributed by atoms with Crippen molar-refractivity contribution in [2.24, 2.45) is 0 Å². The molecular weight excluding hydrogens is 290 g/mol. The van der Waals surface area contributed by atoms with Crippen molar-refractivity contribution in [1.29, 1.82) is 0 Å². The Labute approximate surface area is 126 Å². The van der Waals surface area contributed by atoms with E-state index in [0.717, 1.165) is 13.1 Å². The molecule has 5 nitrogen and oxygen atoms in total. The minimum absolute atomic E-state index is 0.107. The van der Waals surface area contributed by atoms with Crippen LogP contribution in [0.25, 0.3) is 0 Å². The van der Waals surface area contributed by atoms with Gasteiger partial charge in [-0.2, -0.15) is 0 Å². The predicted molar refractivity (Wildman–Crippen MR) is 81.5 cm³/mol. The second-order valence-corrected chi connectivity index (χ2v) is 7.99. The summed E-state index contributed by atoms with van der Waals surface area (Å²) in [6, 6.07) is 6.62. The lowest BCUT2D eigenvalue weighted by atomic mass is 10.1. The normalized spacial score (nSPS) is 19.4. The van der Waals surface area contributed by atoms with Crippen LogP contribution in [0.4, 0.5) is 0 Å². The molecule has 0 bridgehead atoms. The van der Waals surface area contributed by atoms with Crippen LogP contribution >= 0.6 is 0 Å². The number of hydrogen-bond acceptors (Lipinski definition) is 5. The summed E-state index contributed by atoms with van der Waals surface area (Å²) in [6.07, 6.45) is 0. The zero-order valence-corrected chi connectivity index (χ0v) is 13.6. The van der Waals surface area contributed by atoms with Crippen molar-refractivity contribution in [2.75, 3.05) is 39.1 Å². The van der Waals surface area contributed by atoms with Gasteiger partial charge in [0.1, 0.15) is 5.75 Å². The van der Waals surface area contributed by atoms with E-state index < -0.39 is 9.84 Å². The molecule has 1 aliphatic heterocycles. The number of methoxy groups -OCH3 is 1. The molecule has 1 aromatic rings. The van der Waals surface area contributed by atoms with Gasteiger partial charge in [0.05, 0.1) is 30.0 Å². The highest BCUT2D eigenvalue weighted by molar-refractivity contribution is 7.91. The van der Waals surface area contributed by atoms with Gasteiger partial charge < -0.3 is 9.47 Å². The summed E-state index contributed by atoms with van der Waals surface area (Å²) in [5, 5.41) is 0. The Morgan fingerprint density at radius 1 is 1.38 bits per heavy atom. The number of nitrogens with zero attached hydrogens (tertiary/aromatic N) is 1. The van der Waals surface area contributed by atoms with Gasteiger partial charge in [-0.15, -0.1) is 0 Å². The third-order valence-corrected chi connectivity index (χ3v) is 5.27. The van der Waals surface area contributed by atoms with Gasteiger partial charge in [0.2, 0.25) is 0 Å². The van der Waals surface area contributed by atoms with Crippen LogP contribution in [0.3, 0.4) is 0 Å². The van der Waals surface area contributed by atoms with E-state index >= 15 is 0 Å². The maximum absolute atomic E-state index is 12.4. The maximum Gasteiger partial charge on any atom is 0.179 e. The summed E-state index contributed by atoms with van der Waals surface area (Å²) in [5.74, 6) is 0.666. The molecule has 1 aliphatic rings. The lowest BCUT2D eigenvalue weighted by molar-refractivity contribution is -0.0843. The maximum atomic E-state index is 12.4. The fourth-order valence-electron chi connectivity index (χ4n) is 2.47. The van der Waals surface area contributed by atoms with Gasteiger partial charge in [-0.05, 0) is 32.0 Å². The van der Waals surface area contributed by atoms with Crippen molar-refractivity contribution in [3.63, 3.8) is 0 Å². The molecule has 21 heavy (non-hydrogen) atoms. The summed E-state index contributed by atoms with van der Waals surface area (Å²) in [7, 11) is -1.76. The van der Waals surface area contributed by atoms with E-state index in [1.165, 1.54) is 7.11 Å². The molecule has 1 fully saturated rings. The van der Waals surface area contributed by atoms with Crippen molar-refractivity contribution >= 4 is 9.84 Å². The number of benzene rings is 1. The quantitative estimate of drug-likeness (QED) is 0.826. The van der Waals surface area contributed by atoms with Crippen LogP contribution in [-0.2, 0) is 14.6 Å². The number of sulfone groups is 1. The standard InChI is InChI=1S/C15H23NO4S/c1-15(2)12-16(7-9-20-15)8-10-21(17,18)14-6-4-5-13(11-14)19-3/h4-6,11H,7-10,12H2,1-3H3. The Kier molecular flexibility index (Phi) is 4.91. The van der Waals surface area contributed by atoms with Crippen LogP contribution < -0.4 is 4.74 Å². The molecule has 1 saturated heterocycles. The zero-order chi connectivity index (χ0) is 15.5. The van der Waals surface area contributed by atoms with Crippen LogP contribution in [0.5, 0.6) is 5.75 Å². The van der Waals surface area contributed by atoms with Crippen molar-refractivity contribution in [1.82, 2.24) is 4.90 Å². The highest BCUT2D eigenvalue weighted by Gasteiger charge is 2.28. The van der Waals surface area contributed by atoms with Gasteiger partial charge in [-0.1, -0.05) is 6.07 Å². The van der Waals surface area contributed by atoms with Crippen molar-refractivity contribution in [3.05, 3.63) is 24.3 Å². The largest absolute Gasteiger partial charge is 0.497 e. The molecule has 118 valence electrons. The van der Waals surface area contributed by atoms with Crippen LogP contribution in [0.1, 0.15) is 13.8 Å². The third kappa shape index (κ3) is 4.43. The molecule has 0 aliphatic carbocycles. The number of morpholine rings is 1. The topological polar surface area (TPSA) is 55.8 Å². The van der Waals surface area contributed by atoms with Crippen molar-refractivity contribution in [2.45, 2.75) is 24.3 Å². The van der Waals surface area contributed by atoms with E-state index in [1.54, 1.807) is 24.3 Å². The molecule has 1 aromatic carbocycles. The Balaban J connectivity index is 2.01. The van der Waals surface area contributed by atoms with E-state index in [9.17, 15) is 8.42 Å². The Morgan fingerprint density at radius 2 is 2.14 bits per heavy atom. The van der Waals surface area contributed by atoms with Gasteiger partial charge in [0.15, 0.2) is 9.84 Å². The zero-order valence-electron chi connectivity index (χ0n) is 12.8. The number of ether oxygens (including phenoxy) is 2. The minimum atomic E-state index is -3.29. The first-order valence-electron chi connectivity index (χ1n) is 7.05. The van der Waals surface area contributed by atoms with E-state index in [2.05, 4.69) is 4.90 Å². The Hall–Kier alpha value is -1.11. The van der Waals surface area contributed by atoms with E-state index in [0.29, 0.717) is 23.8 Å². The van der Waals surface area contributed by atoms with Crippen molar-refractivity contribution < 1.29 is 17.9 Å². The molecule has 0 N–H and O–H groups in total. The van der Waals surface area contributed by atoms with Crippen LogP contribution in [0.2, 0.25) is 0 Å². The highest BCUT2D eigenvalue weighted by atomic mass is 32.2. The molecule has 0 saturated carbocycles. The first kappa shape index (κ1) is 16.3. The molecule has 0 atom stereocenters. The van der Waals surface area contributed by atoms with E-state index in [4.69, 9.17) is 9.47 Å². The predicted octanol–water partition coefficient (Wildman–Crippen LogP) is 1.58. The van der Waals surface area contributed by atoms with E-state index in [-0.39, 0.29) is 11.4 Å². The van der Waals surface area contributed by atoms with Gasteiger partial charge >= 0.3 is 0 Å². The first-order chi connectivity index (χ1) is 9.82. The third-order valence-electron chi connectivity index (χ3n) is 3.58. The molecule has 0 amide bonds. The number of hydrogen-bond donors (Lipinski definition) is 0. The van der Waals surface area contributed by atoms with Gasteiger partial charge in [-0.25, -0.2) is 8.42 Å². The highest BCUT2D eigenvalue weighted by Crippen LogP contribution is 2.20. The van der Waals surface area contributed by atoms with E-state index in [1.807, 2.05) is 13.8 Å². The molecule has 0 unspecified atom stereocenters. The summed E-state index contributed by atoms with van der Waals surface area (Å²) < 4.78 is 35.5. The summed E-state index contributed by atoms with van der Waals surface area (Å²) in [4.78, 5) is 2.45. The summed E-state index contributed by atoms with van der Waals surface area (Å²) in [5.41, 5.74) is -0.210. The second-order valence-electron chi connectivity index (χ2n) is 5.88. The smallest absolute Gasteiger partial charge is 0.179 e. The first-order valence-corrected chi connectivity index (χ1v) is 8.71. The van der Waals surface area contributed by atoms with Crippen LogP contribution in [-0.4, -0.2) is 58.0 Å². The average molecular weight is 313 g/mol. The van der Waals surface area contributed by atoms with Crippen molar-refractivity contribution in [3.8, 4) is 5.75 Å². The SMILES string of the molecule is COc1cccc(S(=O)(=O)CCN2CCOC(C)(C)C2)c1. The van der Waals surface area contributed by atoms with Gasteiger partial charge in [-0.3, -0.25) is 4.90 Å². The van der Waals surface area contributed by atoms with Gasteiger partial charge in [0, 0.05) is 19.6 Å². The molecule has 1 heterocycles. The molecule has 0 spiro atoms. The monoisotopic (exact) mass is 313 g/mol. The molecular formula is C15H23NO4S. The van der Waals surface area contributed by atoms with Crippen LogP contribution in [0.15, 0.2) is 29.2 Å². The minimum Gasteiger partial charge on any atom is -0.497 e. The molecule has 6 heteroatoms. The lowest BCUT2D eigenvalue weighted by Crippen LogP contribution is -2.49. The number of rotatable bonds is 5. The fourth-order valence-corrected chi connectivity index (χ4v) is 3.78. The second kappa shape index (κ2) is 6.34. The Bertz CT molecular complexity index is 583. The summed E-state index contributed by atoms with van der Waals surface area (Å²) >= 11 is 0. The molecule has 0 radical (unpaired) electrons. The molecule has 2 rings (SSSR count). The molecule has 0 aromatic heterocycles. The lowest BCUT2D eigenvalue weighted by Gasteiger charge is -2.38.